The van der Waals surface area contributed by atoms with E-state index < -0.39 is 34.2 Å². The molecule has 0 unspecified atom stereocenters. The van der Waals surface area contributed by atoms with Crippen molar-refractivity contribution in [3.8, 4) is 11.1 Å². The molecule has 32 heavy (non-hydrogen) atoms. The number of aliphatic carboxylic acids is 2. The maximum atomic E-state index is 14.2. The van der Waals surface area contributed by atoms with Crippen molar-refractivity contribution in [3.05, 3.63) is 71.9 Å². The highest BCUT2D eigenvalue weighted by Gasteiger charge is 2.27. The van der Waals surface area contributed by atoms with Crippen molar-refractivity contribution in [3.63, 3.8) is 0 Å². The van der Waals surface area contributed by atoms with Crippen molar-refractivity contribution in [2.75, 3.05) is 7.05 Å². The molecule has 12 heteroatoms. The van der Waals surface area contributed by atoms with E-state index in [1.165, 1.54) is 56.0 Å². The number of carbonyl (C=O) groups is 2. The van der Waals surface area contributed by atoms with Gasteiger partial charge in [0.2, 0.25) is 15.8 Å². The van der Waals surface area contributed by atoms with Crippen LogP contribution in [-0.2, 0) is 25.9 Å². The first-order chi connectivity index (χ1) is 15.9. The lowest BCUT2D eigenvalue weighted by molar-refractivity contribution is -0.134. The molecule has 0 atom stereocenters. The standard InChI is InChI=1S/C16H14FN3O2S2.C4H4O4/c1-18-9-11-8-14(13-5-3-7-20-15(13)17)16(23-11)24(21,22)12-4-2-6-19-10-12;5-3(6)1-2-4(7)8/h2-8,10,18H,9H2,1H3;1-2H,(H,5,6)(H,7,8)/b;2-1+/i9D2;. The van der Waals surface area contributed by atoms with Crippen LogP contribution < -0.4 is 5.32 Å². The van der Waals surface area contributed by atoms with Crippen LogP contribution in [0.3, 0.4) is 0 Å². The molecule has 3 aromatic rings. The summed E-state index contributed by atoms with van der Waals surface area (Å²) in [6.45, 7) is -1.97. The Kier molecular flexibility index (Phi) is 7.63. The van der Waals surface area contributed by atoms with Gasteiger partial charge in [-0.25, -0.2) is 23.0 Å². The number of hydrogen-bond donors (Lipinski definition) is 3. The molecule has 0 radical (unpaired) electrons. The van der Waals surface area contributed by atoms with Crippen LogP contribution in [-0.4, -0.2) is 47.6 Å². The Bertz CT molecular complexity index is 1300. The van der Waals surface area contributed by atoms with E-state index in [2.05, 4.69) is 15.3 Å². The van der Waals surface area contributed by atoms with Crippen LogP contribution in [0, 0.1) is 5.95 Å². The molecule has 0 fully saturated rings. The van der Waals surface area contributed by atoms with Gasteiger partial charge in [-0.05, 0) is 37.4 Å². The zero-order valence-corrected chi connectivity index (χ0v) is 18.0. The molecule has 3 rings (SSSR count). The first-order valence-electron chi connectivity index (χ1n) is 9.63. The molecule has 3 N–H and O–H groups in total. The maximum absolute atomic E-state index is 14.2. The van der Waals surface area contributed by atoms with Gasteiger partial charge in [-0.2, -0.15) is 4.39 Å². The third-order valence-corrected chi connectivity index (χ3v) is 6.88. The first kappa shape index (κ1) is 21.7. The molecule has 0 aliphatic carbocycles. The first-order valence-corrected chi connectivity index (χ1v) is 10.9. The summed E-state index contributed by atoms with van der Waals surface area (Å²) < 4.78 is 56.2. The predicted molar refractivity (Wildman–Crippen MR) is 114 cm³/mol. The second-order valence-electron chi connectivity index (χ2n) is 5.73. The van der Waals surface area contributed by atoms with E-state index in [1.807, 2.05) is 0 Å². The van der Waals surface area contributed by atoms with Crippen molar-refractivity contribution < 1.29 is 35.4 Å². The highest BCUT2D eigenvalue weighted by molar-refractivity contribution is 7.93. The average molecular weight is 482 g/mol. The smallest absolute Gasteiger partial charge is 0.328 e. The Balaban J connectivity index is 0.000000440. The number of rotatable bonds is 7. The third-order valence-electron chi connectivity index (χ3n) is 3.55. The number of pyridine rings is 2. The minimum atomic E-state index is -4.02. The highest BCUT2D eigenvalue weighted by atomic mass is 32.2. The summed E-state index contributed by atoms with van der Waals surface area (Å²) in [5.41, 5.74) is 0.0583. The summed E-state index contributed by atoms with van der Waals surface area (Å²) in [4.78, 5) is 26.6. The number of carboxylic acids is 2. The van der Waals surface area contributed by atoms with E-state index in [1.54, 1.807) is 0 Å². The van der Waals surface area contributed by atoms with Crippen LogP contribution in [0.15, 0.2) is 70.2 Å². The fourth-order valence-electron chi connectivity index (χ4n) is 2.29. The zero-order chi connectivity index (χ0) is 25.5. The van der Waals surface area contributed by atoms with Crippen LogP contribution in [0.1, 0.15) is 7.62 Å². The summed E-state index contributed by atoms with van der Waals surface area (Å²) in [7, 11) is -2.60. The summed E-state index contributed by atoms with van der Waals surface area (Å²) in [5.74, 6) is -3.34. The quantitative estimate of drug-likeness (QED) is 0.342. The van der Waals surface area contributed by atoms with E-state index >= 15 is 0 Å². The topological polar surface area (TPSA) is 147 Å². The van der Waals surface area contributed by atoms with Gasteiger partial charge >= 0.3 is 11.9 Å². The van der Waals surface area contributed by atoms with Crippen molar-refractivity contribution in [1.29, 1.82) is 0 Å². The largest absolute Gasteiger partial charge is 0.478 e. The Labute approximate surface area is 189 Å². The molecule has 0 aromatic carbocycles. The molecule has 0 saturated carbocycles. The monoisotopic (exact) mass is 481 g/mol. The van der Waals surface area contributed by atoms with Gasteiger partial charge in [0, 0.05) is 56.0 Å². The van der Waals surface area contributed by atoms with Crippen LogP contribution in [0.4, 0.5) is 4.39 Å². The maximum Gasteiger partial charge on any atom is 0.328 e. The molecule has 0 spiro atoms. The van der Waals surface area contributed by atoms with E-state index in [9.17, 15) is 22.4 Å². The Morgan fingerprint density at radius 1 is 1.19 bits per heavy atom. The van der Waals surface area contributed by atoms with Gasteiger partial charge in [-0.1, -0.05) is 0 Å². The van der Waals surface area contributed by atoms with Gasteiger partial charge in [0.25, 0.3) is 0 Å². The molecule has 3 aromatic heterocycles. The number of sulfone groups is 1. The number of nitrogens with zero attached hydrogens (tertiary/aromatic N) is 2. The molecule has 168 valence electrons. The summed E-state index contributed by atoms with van der Waals surface area (Å²) in [5, 5.41) is 18.1. The lowest BCUT2D eigenvalue weighted by Gasteiger charge is -2.06. The Morgan fingerprint density at radius 2 is 1.84 bits per heavy atom. The number of carboxylic acid groups (broad SMARTS) is 2. The normalized spacial score (nSPS) is 12.4. The predicted octanol–water partition coefficient (Wildman–Crippen LogP) is 2.61. The van der Waals surface area contributed by atoms with Gasteiger partial charge in [0.15, 0.2) is 0 Å². The lowest BCUT2D eigenvalue weighted by Crippen LogP contribution is -2.03. The molecule has 0 aliphatic rings. The van der Waals surface area contributed by atoms with Crippen LogP contribution in [0.2, 0.25) is 0 Å². The van der Waals surface area contributed by atoms with Crippen molar-refractivity contribution in [2.45, 2.75) is 15.6 Å². The number of hydrogen-bond acceptors (Lipinski definition) is 8. The molecule has 9 nitrogen and oxygen atoms in total. The fourth-order valence-corrected chi connectivity index (χ4v) is 5.22. The van der Waals surface area contributed by atoms with E-state index in [4.69, 9.17) is 13.0 Å². The minimum Gasteiger partial charge on any atom is -0.478 e. The summed E-state index contributed by atoms with van der Waals surface area (Å²) >= 11 is 0.749. The molecule has 0 aliphatic heterocycles. The molecular weight excluding hydrogens is 461 g/mol. The molecule has 0 saturated heterocycles. The molecule has 3 heterocycles. The van der Waals surface area contributed by atoms with Crippen LogP contribution in [0.25, 0.3) is 11.1 Å². The van der Waals surface area contributed by atoms with Crippen LogP contribution >= 0.6 is 11.3 Å². The highest BCUT2D eigenvalue weighted by Crippen LogP contribution is 2.38. The Hall–Kier alpha value is -3.48. The number of nitrogens with one attached hydrogen (secondary N) is 1. The zero-order valence-electron chi connectivity index (χ0n) is 18.4. The van der Waals surface area contributed by atoms with Gasteiger partial charge in [-0.3, -0.25) is 4.98 Å². The number of halogens is 1. The van der Waals surface area contributed by atoms with Crippen molar-refractivity contribution in [1.82, 2.24) is 15.3 Å². The molecular formula is C20H18FN3O6S2. The second-order valence-corrected chi connectivity index (χ2v) is 8.93. The average Bonchev–Trinajstić information content (AvgIpc) is 3.26. The van der Waals surface area contributed by atoms with Crippen molar-refractivity contribution in [2.24, 2.45) is 0 Å². The molecule has 0 amide bonds. The van der Waals surface area contributed by atoms with Gasteiger partial charge in [0.05, 0.1) is 4.90 Å². The van der Waals surface area contributed by atoms with Gasteiger partial charge in [0.1, 0.15) is 4.21 Å². The minimum absolute atomic E-state index is 0.00984. The molecule has 0 bridgehead atoms. The van der Waals surface area contributed by atoms with Gasteiger partial charge < -0.3 is 15.5 Å². The van der Waals surface area contributed by atoms with E-state index in [0.717, 1.165) is 11.3 Å². The van der Waals surface area contributed by atoms with E-state index in [0.29, 0.717) is 12.2 Å². The van der Waals surface area contributed by atoms with Crippen LogP contribution in [0.5, 0.6) is 0 Å². The second kappa shape index (κ2) is 11.2. The van der Waals surface area contributed by atoms with E-state index in [-0.39, 0.29) is 25.1 Å². The SMILES string of the molecule is O=C(O)/C=C/C(=O)O.[2H]C([2H])(NC)c1cc(-c2cccnc2F)c(S(=O)(=O)c2cccnc2)s1. The van der Waals surface area contributed by atoms with Crippen molar-refractivity contribution >= 4 is 33.1 Å². The fraction of sp³-hybridized carbons (Fsp3) is 0.100. The van der Waals surface area contributed by atoms with Gasteiger partial charge in [-0.15, -0.1) is 11.3 Å². The summed E-state index contributed by atoms with van der Waals surface area (Å²) in [6, 6.07) is 7.11. The Morgan fingerprint density at radius 3 is 2.38 bits per heavy atom. The lowest BCUT2D eigenvalue weighted by atomic mass is 10.1. The summed E-state index contributed by atoms with van der Waals surface area (Å²) in [6.07, 6.45) is 5.02. The third kappa shape index (κ3) is 6.51. The number of aromatic nitrogens is 2. The number of thiophene rings is 1.